The van der Waals surface area contributed by atoms with Crippen LogP contribution in [0.5, 0.6) is 0 Å². The van der Waals surface area contributed by atoms with Crippen LogP contribution < -0.4 is 0 Å². The number of hydrogen-bond donors (Lipinski definition) is 0. The number of hydrogen-bond acceptors (Lipinski definition) is 2. The molecule has 1 aliphatic rings. The Kier molecular flexibility index (Phi) is 4.17. The van der Waals surface area contributed by atoms with Gasteiger partial charge < -0.3 is 4.90 Å². The SMILES string of the molecule is CN1CCCC(c2cccc(CC#N)c2)CC1. The molecule has 2 heteroatoms. The van der Waals surface area contributed by atoms with Crippen molar-refractivity contribution in [1.29, 1.82) is 5.26 Å². The lowest BCUT2D eigenvalue weighted by molar-refractivity contribution is 0.347. The minimum absolute atomic E-state index is 0.528. The molecule has 0 radical (unpaired) electrons. The van der Waals surface area contributed by atoms with Crippen LogP contribution in [0.1, 0.15) is 36.3 Å². The highest BCUT2D eigenvalue weighted by Gasteiger charge is 2.16. The first-order valence-corrected chi connectivity index (χ1v) is 6.44. The van der Waals surface area contributed by atoms with Crippen LogP contribution in [-0.4, -0.2) is 25.0 Å². The van der Waals surface area contributed by atoms with E-state index in [-0.39, 0.29) is 0 Å². The summed E-state index contributed by atoms with van der Waals surface area (Å²) < 4.78 is 0. The minimum Gasteiger partial charge on any atom is -0.306 e. The summed E-state index contributed by atoms with van der Waals surface area (Å²) in [5.74, 6) is 0.679. The summed E-state index contributed by atoms with van der Waals surface area (Å²) in [6.45, 7) is 2.40. The first-order chi connectivity index (χ1) is 8.29. The van der Waals surface area contributed by atoms with Crippen LogP contribution in [-0.2, 0) is 6.42 Å². The molecule has 0 amide bonds. The molecule has 0 aliphatic carbocycles. The molecule has 1 unspecified atom stereocenters. The van der Waals surface area contributed by atoms with E-state index in [1.165, 1.54) is 37.9 Å². The van der Waals surface area contributed by atoms with Crippen LogP contribution in [0.25, 0.3) is 0 Å². The van der Waals surface area contributed by atoms with E-state index >= 15 is 0 Å². The summed E-state index contributed by atoms with van der Waals surface area (Å²) in [6.07, 6.45) is 4.33. The second kappa shape index (κ2) is 5.84. The molecule has 2 nitrogen and oxygen atoms in total. The third-order valence-corrected chi connectivity index (χ3v) is 3.66. The van der Waals surface area contributed by atoms with Gasteiger partial charge in [0.05, 0.1) is 12.5 Å². The van der Waals surface area contributed by atoms with Gasteiger partial charge in [0.15, 0.2) is 0 Å². The fourth-order valence-electron chi connectivity index (χ4n) is 2.62. The lowest BCUT2D eigenvalue weighted by Gasteiger charge is -2.16. The first kappa shape index (κ1) is 12.1. The molecule has 90 valence electrons. The van der Waals surface area contributed by atoms with Crippen LogP contribution in [0.4, 0.5) is 0 Å². The molecular weight excluding hydrogens is 208 g/mol. The van der Waals surface area contributed by atoms with Crippen molar-refractivity contribution in [3.8, 4) is 6.07 Å². The Labute approximate surface area is 104 Å². The molecule has 0 saturated carbocycles. The van der Waals surface area contributed by atoms with Gasteiger partial charge in [-0.2, -0.15) is 5.26 Å². The van der Waals surface area contributed by atoms with E-state index in [0.29, 0.717) is 12.3 Å². The highest BCUT2D eigenvalue weighted by atomic mass is 15.1. The van der Waals surface area contributed by atoms with Gasteiger partial charge in [-0.1, -0.05) is 24.3 Å². The van der Waals surface area contributed by atoms with Gasteiger partial charge in [0.2, 0.25) is 0 Å². The van der Waals surface area contributed by atoms with E-state index in [2.05, 4.69) is 42.3 Å². The zero-order valence-electron chi connectivity index (χ0n) is 10.5. The predicted molar refractivity (Wildman–Crippen MR) is 69.8 cm³/mol. The monoisotopic (exact) mass is 228 g/mol. The quantitative estimate of drug-likeness (QED) is 0.778. The molecule has 0 spiro atoms. The van der Waals surface area contributed by atoms with Gasteiger partial charge in [-0.05, 0) is 56.4 Å². The Morgan fingerprint density at radius 1 is 1.35 bits per heavy atom. The molecule has 1 aromatic rings. The number of nitriles is 1. The minimum atomic E-state index is 0.528. The Morgan fingerprint density at radius 2 is 2.24 bits per heavy atom. The number of rotatable bonds is 2. The van der Waals surface area contributed by atoms with Crippen LogP contribution >= 0.6 is 0 Å². The van der Waals surface area contributed by atoms with Gasteiger partial charge in [-0.3, -0.25) is 0 Å². The van der Waals surface area contributed by atoms with E-state index < -0.39 is 0 Å². The van der Waals surface area contributed by atoms with Crippen molar-refractivity contribution in [2.24, 2.45) is 0 Å². The van der Waals surface area contributed by atoms with E-state index in [1.54, 1.807) is 0 Å². The third kappa shape index (κ3) is 3.31. The van der Waals surface area contributed by atoms with Gasteiger partial charge in [0.1, 0.15) is 0 Å². The molecule has 1 atom stereocenters. The van der Waals surface area contributed by atoms with Crippen LogP contribution in [0.2, 0.25) is 0 Å². The van der Waals surface area contributed by atoms with Crippen molar-refractivity contribution < 1.29 is 0 Å². The molecule has 1 aliphatic heterocycles. The summed E-state index contributed by atoms with van der Waals surface area (Å²) in [4.78, 5) is 2.42. The topological polar surface area (TPSA) is 27.0 Å². The van der Waals surface area contributed by atoms with Crippen LogP contribution in [0, 0.1) is 11.3 Å². The average molecular weight is 228 g/mol. The van der Waals surface area contributed by atoms with Crippen molar-refractivity contribution in [2.45, 2.75) is 31.6 Å². The van der Waals surface area contributed by atoms with Crippen molar-refractivity contribution in [3.63, 3.8) is 0 Å². The molecule has 1 aromatic carbocycles. The number of benzene rings is 1. The first-order valence-electron chi connectivity index (χ1n) is 6.44. The Balaban J connectivity index is 2.10. The van der Waals surface area contributed by atoms with E-state index in [9.17, 15) is 0 Å². The maximum absolute atomic E-state index is 8.74. The lowest BCUT2D eigenvalue weighted by Crippen LogP contribution is -2.18. The Hall–Kier alpha value is -1.33. The second-order valence-corrected chi connectivity index (χ2v) is 5.01. The lowest BCUT2D eigenvalue weighted by atomic mass is 9.91. The molecule has 17 heavy (non-hydrogen) atoms. The molecule has 2 rings (SSSR count). The molecule has 1 heterocycles. The maximum Gasteiger partial charge on any atom is 0.0669 e. The molecule has 1 fully saturated rings. The molecule has 1 saturated heterocycles. The predicted octanol–water partition coefficient (Wildman–Crippen LogP) is 2.95. The Bertz CT molecular complexity index is 406. The van der Waals surface area contributed by atoms with Crippen molar-refractivity contribution >= 4 is 0 Å². The second-order valence-electron chi connectivity index (χ2n) is 5.01. The van der Waals surface area contributed by atoms with Crippen molar-refractivity contribution in [2.75, 3.05) is 20.1 Å². The fourth-order valence-corrected chi connectivity index (χ4v) is 2.62. The zero-order chi connectivity index (χ0) is 12.1. The smallest absolute Gasteiger partial charge is 0.0669 e. The van der Waals surface area contributed by atoms with E-state index in [1.807, 2.05) is 0 Å². The van der Waals surface area contributed by atoms with Gasteiger partial charge in [0.25, 0.3) is 0 Å². The number of nitrogens with zero attached hydrogens (tertiary/aromatic N) is 2. The summed E-state index contributed by atoms with van der Waals surface area (Å²) in [6, 6.07) is 10.8. The van der Waals surface area contributed by atoms with Gasteiger partial charge in [-0.25, -0.2) is 0 Å². The summed E-state index contributed by atoms with van der Waals surface area (Å²) in [5.41, 5.74) is 2.58. The van der Waals surface area contributed by atoms with E-state index in [0.717, 1.165) is 5.56 Å². The molecule has 0 N–H and O–H groups in total. The zero-order valence-corrected chi connectivity index (χ0v) is 10.5. The van der Waals surface area contributed by atoms with Gasteiger partial charge in [-0.15, -0.1) is 0 Å². The van der Waals surface area contributed by atoms with Gasteiger partial charge >= 0.3 is 0 Å². The normalized spacial score (nSPS) is 21.8. The number of likely N-dealkylation sites (tertiary alicyclic amines) is 1. The molecular formula is C15H20N2. The maximum atomic E-state index is 8.74. The van der Waals surface area contributed by atoms with Crippen molar-refractivity contribution in [1.82, 2.24) is 4.90 Å². The third-order valence-electron chi connectivity index (χ3n) is 3.66. The summed E-state index contributed by atoms with van der Waals surface area (Å²) in [7, 11) is 2.20. The Morgan fingerprint density at radius 3 is 3.06 bits per heavy atom. The van der Waals surface area contributed by atoms with Gasteiger partial charge in [0, 0.05) is 0 Å². The highest BCUT2D eigenvalue weighted by Crippen LogP contribution is 2.28. The average Bonchev–Trinajstić information content (AvgIpc) is 2.55. The fraction of sp³-hybridized carbons (Fsp3) is 0.533. The largest absolute Gasteiger partial charge is 0.306 e. The van der Waals surface area contributed by atoms with E-state index in [4.69, 9.17) is 5.26 Å². The van der Waals surface area contributed by atoms with Crippen LogP contribution in [0.3, 0.4) is 0 Å². The van der Waals surface area contributed by atoms with Crippen LogP contribution in [0.15, 0.2) is 24.3 Å². The molecule has 0 aromatic heterocycles. The highest BCUT2D eigenvalue weighted by molar-refractivity contribution is 5.28. The molecule has 0 bridgehead atoms. The van der Waals surface area contributed by atoms with Crippen molar-refractivity contribution in [3.05, 3.63) is 35.4 Å². The standard InChI is InChI=1S/C15H20N2/c1-17-10-3-6-14(8-11-17)15-5-2-4-13(12-15)7-9-16/h2,4-5,12,14H,3,6-8,10-11H2,1H3. The summed E-state index contributed by atoms with van der Waals surface area (Å²) in [5, 5.41) is 8.74. The summed E-state index contributed by atoms with van der Waals surface area (Å²) >= 11 is 0.